The molecule has 0 aromatic rings. The van der Waals surface area contributed by atoms with Crippen LogP contribution in [0.5, 0.6) is 0 Å². The van der Waals surface area contributed by atoms with Gasteiger partial charge in [0.2, 0.25) is 11.8 Å². The molecule has 0 saturated carbocycles. The summed E-state index contributed by atoms with van der Waals surface area (Å²) in [6, 6.07) is -0.290. The van der Waals surface area contributed by atoms with Gasteiger partial charge in [-0.1, -0.05) is 0 Å². The van der Waals surface area contributed by atoms with E-state index in [-0.39, 0.29) is 36.5 Å². The summed E-state index contributed by atoms with van der Waals surface area (Å²) >= 11 is 0. The van der Waals surface area contributed by atoms with Crippen LogP contribution in [-0.2, 0) is 19.4 Å². The normalized spacial score (nSPS) is 22.1. The minimum Gasteiger partial charge on any atom is -0.346 e. The Morgan fingerprint density at radius 1 is 1.47 bits per heavy atom. The highest BCUT2D eigenvalue weighted by Gasteiger charge is 2.32. The molecule has 0 aromatic carbocycles. The Labute approximate surface area is 100 Å². The average molecular weight is 263 g/mol. The number of nitrogens with two attached hydrogens (primary N) is 1. The third kappa shape index (κ3) is 3.97. The van der Waals surface area contributed by atoms with Crippen LogP contribution in [0.25, 0.3) is 0 Å². The molecule has 1 heterocycles. The number of rotatable bonds is 4. The third-order valence-electron chi connectivity index (χ3n) is 2.77. The first-order valence-electron chi connectivity index (χ1n) is 5.28. The highest BCUT2D eigenvalue weighted by molar-refractivity contribution is 7.91. The van der Waals surface area contributed by atoms with E-state index < -0.39 is 15.7 Å². The van der Waals surface area contributed by atoms with Gasteiger partial charge in [-0.25, -0.2) is 8.42 Å². The fourth-order valence-electron chi connectivity index (χ4n) is 1.66. The number of likely N-dealkylation sites (N-methyl/N-ethyl adjacent to an activating group) is 1. The van der Waals surface area contributed by atoms with Gasteiger partial charge in [0.25, 0.3) is 0 Å². The number of carbonyl (C=O) groups excluding carboxylic acids is 2. The smallest absolute Gasteiger partial charge is 0.241 e. The number of amides is 2. The maximum Gasteiger partial charge on any atom is 0.241 e. The Bertz CT molecular complexity index is 406. The van der Waals surface area contributed by atoms with Crippen LogP contribution in [0.15, 0.2) is 0 Å². The average Bonchev–Trinajstić information content (AvgIpc) is 2.64. The molecular weight excluding hydrogens is 246 g/mol. The summed E-state index contributed by atoms with van der Waals surface area (Å²) < 4.78 is 22.5. The lowest BCUT2D eigenvalue weighted by molar-refractivity contribution is -0.132. The molecule has 0 radical (unpaired) electrons. The summed E-state index contributed by atoms with van der Waals surface area (Å²) in [5.41, 5.74) is 5.08. The van der Waals surface area contributed by atoms with E-state index in [0.717, 1.165) is 0 Å². The Balaban J connectivity index is 2.45. The maximum atomic E-state index is 11.6. The van der Waals surface area contributed by atoms with E-state index in [1.165, 1.54) is 4.90 Å². The Morgan fingerprint density at radius 3 is 2.59 bits per heavy atom. The molecule has 2 amide bonds. The number of sulfone groups is 1. The van der Waals surface area contributed by atoms with Crippen molar-refractivity contribution in [1.82, 2.24) is 10.2 Å². The predicted molar refractivity (Wildman–Crippen MR) is 61.9 cm³/mol. The molecule has 1 aliphatic rings. The van der Waals surface area contributed by atoms with Crippen molar-refractivity contribution in [2.75, 3.05) is 31.6 Å². The third-order valence-corrected chi connectivity index (χ3v) is 4.52. The Hall–Kier alpha value is -1.15. The molecule has 8 heteroatoms. The second-order valence-electron chi connectivity index (χ2n) is 4.04. The summed E-state index contributed by atoms with van der Waals surface area (Å²) in [5, 5.41) is 2.35. The van der Waals surface area contributed by atoms with Gasteiger partial charge in [0, 0.05) is 13.1 Å². The van der Waals surface area contributed by atoms with Crippen molar-refractivity contribution in [2.45, 2.75) is 12.5 Å². The van der Waals surface area contributed by atoms with E-state index >= 15 is 0 Å². The van der Waals surface area contributed by atoms with E-state index in [0.29, 0.717) is 6.42 Å². The molecule has 0 aliphatic carbocycles. The fraction of sp³-hybridized carbons (Fsp3) is 0.778. The topological polar surface area (TPSA) is 110 Å². The van der Waals surface area contributed by atoms with Gasteiger partial charge in [0.1, 0.15) is 0 Å². The zero-order chi connectivity index (χ0) is 13.1. The van der Waals surface area contributed by atoms with E-state index in [1.54, 1.807) is 7.05 Å². The molecule has 1 fully saturated rings. The first kappa shape index (κ1) is 13.9. The van der Waals surface area contributed by atoms with Crippen molar-refractivity contribution in [3.8, 4) is 0 Å². The summed E-state index contributed by atoms with van der Waals surface area (Å²) in [5.74, 6) is -0.607. The minimum absolute atomic E-state index is 0.0000747. The molecule has 98 valence electrons. The zero-order valence-electron chi connectivity index (χ0n) is 9.68. The van der Waals surface area contributed by atoms with Crippen LogP contribution >= 0.6 is 0 Å². The molecule has 0 aromatic heterocycles. The standard InChI is InChI=1S/C9H17N3O4S/c1-12(7-2-3-17(15,16)6-7)9(14)5-11-8(13)4-10/h7H,2-6,10H2,1H3,(H,11,13). The van der Waals surface area contributed by atoms with Gasteiger partial charge in [-0.05, 0) is 6.42 Å². The van der Waals surface area contributed by atoms with Crippen LogP contribution in [0.2, 0.25) is 0 Å². The van der Waals surface area contributed by atoms with Crippen LogP contribution in [0.4, 0.5) is 0 Å². The van der Waals surface area contributed by atoms with E-state index in [1.807, 2.05) is 0 Å². The molecule has 1 atom stereocenters. The first-order valence-corrected chi connectivity index (χ1v) is 7.10. The molecule has 1 aliphatic heterocycles. The summed E-state index contributed by atoms with van der Waals surface area (Å²) in [4.78, 5) is 23.9. The molecular formula is C9H17N3O4S. The molecule has 1 rings (SSSR count). The molecule has 0 spiro atoms. The van der Waals surface area contributed by atoms with Crippen molar-refractivity contribution >= 4 is 21.7 Å². The van der Waals surface area contributed by atoms with Crippen molar-refractivity contribution < 1.29 is 18.0 Å². The fourth-order valence-corrected chi connectivity index (χ4v) is 3.43. The van der Waals surface area contributed by atoms with Crippen molar-refractivity contribution in [3.63, 3.8) is 0 Å². The van der Waals surface area contributed by atoms with Gasteiger partial charge in [0.05, 0.1) is 24.6 Å². The number of hydrogen-bond acceptors (Lipinski definition) is 5. The van der Waals surface area contributed by atoms with Crippen molar-refractivity contribution in [2.24, 2.45) is 5.73 Å². The van der Waals surface area contributed by atoms with E-state index in [2.05, 4.69) is 5.32 Å². The summed E-state index contributed by atoms with van der Waals surface area (Å²) in [7, 11) is -1.47. The van der Waals surface area contributed by atoms with Gasteiger partial charge >= 0.3 is 0 Å². The first-order chi connectivity index (χ1) is 7.85. The number of carbonyl (C=O) groups is 2. The lowest BCUT2D eigenvalue weighted by Crippen LogP contribution is -2.44. The minimum atomic E-state index is -3.01. The van der Waals surface area contributed by atoms with Crippen LogP contribution in [-0.4, -0.2) is 62.8 Å². The highest BCUT2D eigenvalue weighted by atomic mass is 32.2. The lowest BCUT2D eigenvalue weighted by Gasteiger charge is -2.23. The Morgan fingerprint density at radius 2 is 2.12 bits per heavy atom. The molecule has 17 heavy (non-hydrogen) atoms. The van der Waals surface area contributed by atoms with E-state index in [9.17, 15) is 18.0 Å². The molecule has 1 unspecified atom stereocenters. The molecule has 3 N–H and O–H groups in total. The SMILES string of the molecule is CN(C(=O)CNC(=O)CN)C1CCS(=O)(=O)C1. The van der Waals surface area contributed by atoms with Crippen LogP contribution < -0.4 is 11.1 Å². The van der Waals surface area contributed by atoms with Gasteiger partial charge in [-0.3, -0.25) is 9.59 Å². The van der Waals surface area contributed by atoms with Crippen LogP contribution in [0.1, 0.15) is 6.42 Å². The highest BCUT2D eigenvalue weighted by Crippen LogP contribution is 2.16. The van der Waals surface area contributed by atoms with E-state index in [4.69, 9.17) is 5.73 Å². The van der Waals surface area contributed by atoms with Crippen LogP contribution in [0, 0.1) is 0 Å². The quantitative estimate of drug-likeness (QED) is 0.593. The number of nitrogens with zero attached hydrogens (tertiary/aromatic N) is 1. The summed E-state index contributed by atoms with van der Waals surface area (Å²) in [6.07, 6.45) is 0.454. The second-order valence-corrected chi connectivity index (χ2v) is 6.27. The van der Waals surface area contributed by atoms with Crippen LogP contribution in [0.3, 0.4) is 0 Å². The molecule has 0 bridgehead atoms. The molecule has 7 nitrogen and oxygen atoms in total. The zero-order valence-corrected chi connectivity index (χ0v) is 10.5. The lowest BCUT2D eigenvalue weighted by atomic mass is 10.2. The van der Waals surface area contributed by atoms with Gasteiger partial charge in [0.15, 0.2) is 9.84 Å². The van der Waals surface area contributed by atoms with Crippen molar-refractivity contribution in [3.05, 3.63) is 0 Å². The predicted octanol–water partition coefficient (Wildman–Crippen LogP) is -2.29. The maximum absolute atomic E-state index is 11.6. The Kier molecular flexibility index (Phi) is 4.47. The molecule has 1 saturated heterocycles. The number of nitrogens with one attached hydrogen (secondary N) is 1. The second kappa shape index (κ2) is 5.46. The number of hydrogen-bond donors (Lipinski definition) is 2. The van der Waals surface area contributed by atoms with Crippen molar-refractivity contribution in [1.29, 1.82) is 0 Å². The van der Waals surface area contributed by atoms with Gasteiger partial charge in [-0.2, -0.15) is 0 Å². The monoisotopic (exact) mass is 263 g/mol. The van der Waals surface area contributed by atoms with Gasteiger partial charge < -0.3 is 16.0 Å². The summed E-state index contributed by atoms with van der Waals surface area (Å²) in [6.45, 7) is -0.322. The largest absolute Gasteiger partial charge is 0.346 e. The van der Waals surface area contributed by atoms with Gasteiger partial charge in [-0.15, -0.1) is 0 Å².